The zero-order chi connectivity index (χ0) is 21.5. The van der Waals surface area contributed by atoms with Crippen LogP contribution in [0.4, 0.5) is 9.52 Å². The third-order valence-electron chi connectivity index (χ3n) is 4.42. The Bertz CT molecular complexity index is 1180. The number of rotatable bonds is 8. The van der Waals surface area contributed by atoms with Crippen molar-refractivity contribution in [3.05, 3.63) is 95.1 Å². The largest absolute Gasteiger partial charge is 0.493 e. The molecule has 0 aliphatic carbocycles. The molecule has 0 bridgehead atoms. The van der Waals surface area contributed by atoms with Crippen LogP contribution >= 0.6 is 11.3 Å². The van der Waals surface area contributed by atoms with E-state index < -0.39 is 0 Å². The first-order valence-electron chi connectivity index (χ1n) is 9.56. The monoisotopic (exact) mass is 433 g/mol. The summed E-state index contributed by atoms with van der Waals surface area (Å²) in [7, 11) is 1.57. The number of methoxy groups -OCH3 is 1. The third-order valence-corrected chi connectivity index (χ3v) is 5.17. The number of aromatic nitrogens is 1. The van der Waals surface area contributed by atoms with Gasteiger partial charge >= 0.3 is 0 Å². The Morgan fingerprint density at radius 1 is 1.03 bits per heavy atom. The van der Waals surface area contributed by atoms with E-state index in [-0.39, 0.29) is 12.4 Å². The summed E-state index contributed by atoms with van der Waals surface area (Å²) in [6.07, 6.45) is 1.68. The fourth-order valence-electron chi connectivity index (χ4n) is 2.90. The SMILES string of the molecule is COc1cc(C=NNc2nc(-c3ccccc3)cs2)ccc1OCc1cccc(F)c1. The summed E-state index contributed by atoms with van der Waals surface area (Å²) in [5.74, 6) is 0.855. The normalized spacial score (nSPS) is 10.9. The van der Waals surface area contributed by atoms with E-state index in [2.05, 4.69) is 15.5 Å². The number of anilines is 1. The minimum atomic E-state index is -0.289. The molecule has 0 unspecified atom stereocenters. The first kappa shape index (κ1) is 20.6. The maximum Gasteiger partial charge on any atom is 0.203 e. The van der Waals surface area contributed by atoms with Gasteiger partial charge in [0.1, 0.15) is 12.4 Å². The second kappa shape index (κ2) is 9.86. The molecule has 0 aliphatic rings. The number of hydrazone groups is 1. The van der Waals surface area contributed by atoms with Gasteiger partial charge in [0.25, 0.3) is 0 Å². The Morgan fingerprint density at radius 3 is 2.71 bits per heavy atom. The molecule has 3 aromatic carbocycles. The highest BCUT2D eigenvalue weighted by Crippen LogP contribution is 2.29. The number of hydrogen-bond acceptors (Lipinski definition) is 6. The summed E-state index contributed by atoms with van der Waals surface area (Å²) >= 11 is 1.49. The van der Waals surface area contributed by atoms with Crippen LogP contribution in [-0.4, -0.2) is 18.3 Å². The molecule has 1 N–H and O–H groups in total. The summed E-state index contributed by atoms with van der Waals surface area (Å²) in [6, 6.07) is 21.8. The van der Waals surface area contributed by atoms with E-state index in [0.29, 0.717) is 16.6 Å². The van der Waals surface area contributed by atoms with Gasteiger partial charge < -0.3 is 9.47 Å². The molecule has 1 heterocycles. The van der Waals surface area contributed by atoms with Crippen LogP contribution in [0.2, 0.25) is 0 Å². The van der Waals surface area contributed by atoms with Crippen molar-refractivity contribution in [2.45, 2.75) is 6.61 Å². The van der Waals surface area contributed by atoms with Crippen LogP contribution in [0.3, 0.4) is 0 Å². The van der Waals surface area contributed by atoms with Gasteiger partial charge in [-0.1, -0.05) is 42.5 Å². The van der Waals surface area contributed by atoms with E-state index in [1.807, 2.05) is 53.9 Å². The van der Waals surface area contributed by atoms with Crippen molar-refractivity contribution in [3.8, 4) is 22.8 Å². The Hall–Kier alpha value is -3.71. The average Bonchev–Trinajstić information content (AvgIpc) is 3.28. The van der Waals surface area contributed by atoms with E-state index in [9.17, 15) is 4.39 Å². The van der Waals surface area contributed by atoms with E-state index in [1.54, 1.807) is 25.5 Å². The Kier molecular flexibility index (Phi) is 6.54. The van der Waals surface area contributed by atoms with Gasteiger partial charge in [0, 0.05) is 10.9 Å². The third kappa shape index (κ3) is 5.46. The highest BCUT2D eigenvalue weighted by Gasteiger charge is 2.07. The Balaban J connectivity index is 1.38. The number of hydrogen-bond donors (Lipinski definition) is 1. The van der Waals surface area contributed by atoms with Crippen molar-refractivity contribution in [2.24, 2.45) is 5.10 Å². The molecule has 4 rings (SSSR count). The standard InChI is InChI=1S/C24H20FN3O2S/c1-29-23-13-17(10-11-22(23)30-15-18-6-5-9-20(25)12-18)14-26-28-24-27-21(16-31-24)19-7-3-2-4-8-19/h2-14,16H,15H2,1H3,(H,27,28). The number of halogens is 1. The molecule has 0 saturated carbocycles. The van der Waals surface area contributed by atoms with Crippen molar-refractivity contribution >= 4 is 22.7 Å². The molecule has 1 aromatic heterocycles. The van der Waals surface area contributed by atoms with Gasteiger partial charge in [0.2, 0.25) is 5.13 Å². The van der Waals surface area contributed by atoms with Crippen LogP contribution in [0.25, 0.3) is 11.3 Å². The van der Waals surface area contributed by atoms with Crippen LogP contribution in [0.5, 0.6) is 11.5 Å². The number of thiazole rings is 1. The van der Waals surface area contributed by atoms with Crippen molar-refractivity contribution in [2.75, 3.05) is 12.5 Å². The summed E-state index contributed by atoms with van der Waals surface area (Å²) < 4.78 is 24.5. The van der Waals surface area contributed by atoms with Gasteiger partial charge in [-0.3, -0.25) is 5.43 Å². The molecular formula is C24H20FN3O2S. The molecule has 0 atom stereocenters. The maximum atomic E-state index is 13.3. The lowest BCUT2D eigenvalue weighted by Crippen LogP contribution is -1.99. The van der Waals surface area contributed by atoms with Gasteiger partial charge in [0.05, 0.1) is 19.0 Å². The highest BCUT2D eigenvalue weighted by atomic mass is 32.1. The molecule has 156 valence electrons. The molecule has 5 nitrogen and oxygen atoms in total. The van der Waals surface area contributed by atoms with Crippen LogP contribution in [0.15, 0.2) is 83.3 Å². The van der Waals surface area contributed by atoms with Crippen molar-refractivity contribution in [1.29, 1.82) is 0 Å². The smallest absolute Gasteiger partial charge is 0.203 e. The maximum absolute atomic E-state index is 13.3. The van der Waals surface area contributed by atoms with E-state index >= 15 is 0 Å². The molecule has 0 spiro atoms. The van der Waals surface area contributed by atoms with Gasteiger partial charge in [-0.25, -0.2) is 9.37 Å². The highest BCUT2D eigenvalue weighted by molar-refractivity contribution is 7.14. The van der Waals surface area contributed by atoms with E-state index in [1.165, 1.54) is 23.5 Å². The molecule has 0 saturated heterocycles. The van der Waals surface area contributed by atoms with E-state index in [0.717, 1.165) is 22.4 Å². The van der Waals surface area contributed by atoms with Crippen LogP contribution < -0.4 is 14.9 Å². The van der Waals surface area contributed by atoms with Crippen molar-refractivity contribution in [1.82, 2.24) is 4.98 Å². The average molecular weight is 434 g/mol. The number of nitrogens with zero attached hydrogens (tertiary/aromatic N) is 2. The quantitative estimate of drug-likeness (QED) is 0.274. The lowest BCUT2D eigenvalue weighted by molar-refractivity contribution is 0.284. The predicted molar refractivity (Wildman–Crippen MR) is 122 cm³/mol. The summed E-state index contributed by atoms with van der Waals surface area (Å²) in [5.41, 5.74) is 6.51. The van der Waals surface area contributed by atoms with Crippen molar-refractivity contribution in [3.63, 3.8) is 0 Å². The predicted octanol–water partition coefficient (Wildman–Crippen LogP) is 5.98. The number of benzene rings is 3. The molecular weight excluding hydrogens is 413 g/mol. The topological polar surface area (TPSA) is 55.7 Å². The minimum Gasteiger partial charge on any atom is -0.493 e. The van der Waals surface area contributed by atoms with Crippen molar-refractivity contribution < 1.29 is 13.9 Å². The molecule has 0 fully saturated rings. The number of nitrogens with one attached hydrogen (secondary N) is 1. The first-order chi connectivity index (χ1) is 15.2. The molecule has 7 heteroatoms. The molecule has 0 radical (unpaired) electrons. The van der Waals surface area contributed by atoms with Gasteiger partial charge in [-0.2, -0.15) is 5.10 Å². The molecule has 4 aromatic rings. The second-order valence-corrected chi connectivity index (χ2v) is 7.46. The zero-order valence-electron chi connectivity index (χ0n) is 16.8. The molecule has 31 heavy (non-hydrogen) atoms. The first-order valence-corrected chi connectivity index (χ1v) is 10.4. The Labute approximate surface area is 183 Å². The zero-order valence-corrected chi connectivity index (χ0v) is 17.6. The second-order valence-electron chi connectivity index (χ2n) is 6.60. The van der Waals surface area contributed by atoms with Crippen LogP contribution in [0, 0.1) is 5.82 Å². The lowest BCUT2D eigenvalue weighted by atomic mass is 10.2. The van der Waals surface area contributed by atoms with Gasteiger partial charge in [0.15, 0.2) is 11.5 Å². The molecule has 0 aliphatic heterocycles. The number of ether oxygens (including phenoxy) is 2. The Morgan fingerprint density at radius 2 is 1.90 bits per heavy atom. The van der Waals surface area contributed by atoms with Crippen LogP contribution in [-0.2, 0) is 6.61 Å². The van der Waals surface area contributed by atoms with E-state index in [4.69, 9.17) is 9.47 Å². The summed E-state index contributed by atoms with van der Waals surface area (Å²) in [6.45, 7) is 0.247. The lowest BCUT2D eigenvalue weighted by Gasteiger charge is -2.11. The summed E-state index contributed by atoms with van der Waals surface area (Å²) in [4.78, 5) is 4.54. The van der Waals surface area contributed by atoms with Crippen LogP contribution in [0.1, 0.15) is 11.1 Å². The van der Waals surface area contributed by atoms with Gasteiger partial charge in [-0.05, 0) is 41.5 Å². The minimum absolute atomic E-state index is 0.247. The fourth-order valence-corrected chi connectivity index (χ4v) is 3.57. The van der Waals surface area contributed by atoms with Gasteiger partial charge in [-0.15, -0.1) is 11.3 Å². The fraction of sp³-hybridized carbons (Fsp3) is 0.0833. The summed E-state index contributed by atoms with van der Waals surface area (Å²) in [5, 5.41) is 6.95. The molecule has 0 amide bonds.